The Morgan fingerprint density at radius 3 is 2.71 bits per heavy atom. The van der Waals surface area contributed by atoms with Crippen LogP contribution < -0.4 is 4.74 Å². The molecule has 0 radical (unpaired) electrons. The summed E-state index contributed by atoms with van der Waals surface area (Å²) in [5.74, 6) is 0.657. The summed E-state index contributed by atoms with van der Waals surface area (Å²) in [4.78, 5) is 26.3. The summed E-state index contributed by atoms with van der Waals surface area (Å²) in [5.41, 5.74) is 1.66. The lowest BCUT2D eigenvalue weighted by Crippen LogP contribution is -2.56. The molecule has 3 amide bonds. The fraction of sp³-hybridized carbons (Fsp3) is 0.389. The zero-order valence-electron chi connectivity index (χ0n) is 14.1. The van der Waals surface area contributed by atoms with Gasteiger partial charge in [0.1, 0.15) is 11.4 Å². The van der Waals surface area contributed by atoms with E-state index in [1.54, 1.807) is 7.05 Å². The minimum absolute atomic E-state index is 0.0925. The number of ether oxygens (including phenoxy) is 2. The van der Waals surface area contributed by atoms with E-state index in [4.69, 9.17) is 9.47 Å². The number of urea groups is 1. The minimum Gasteiger partial charge on any atom is -0.492 e. The normalized spacial score (nSPS) is 24.8. The van der Waals surface area contributed by atoms with Gasteiger partial charge in [0.15, 0.2) is 5.57 Å². The molecule has 124 valence electrons. The zero-order chi connectivity index (χ0) is 17.2. The molecular formula is C18H19N2O4+. The number of para-hydroxylation sites is 1. The second kappa shape index (κ2) is 4.69. The topological polar surface area (TPSA) is 58.9 Å². The lowest BCUT2D eigenvalue weighted by atomic mass is 9.75. The van der Waals surface area contributed by atoms with Crippen molar-refractivity contribution in [3.63, 3.8) is 0 Å². The Balaban J connectivity index is 2.09. The van der Waals surface area contributed by atoms with Gasteiger partial charge >= 0.3 is 17.8 Å². The molecule has 3 aliphatic rings. The Morgan fingerprint density at radius 1 is 1.25 bits per heavy atom. The van der Waals surface area contributed by atoms with Crippen LogP contribution in [0, 0.1) is 5.92 Å². The van der Waals surface area contributed by atoms with Crippen LogP contribution in [0.25, 0.3) is 5.57 Å². The Kier molecular flexibility index (Phi) is 2.92. The standard InChI is InChI=1S/C18H19N2O4/c1-18(2)11-9-23-12-8-6-5-7-10(12)13(11)14-15(21)19(3)17(22)20(4)16(14)24-18/h5-8,11H,9H2,1-4H3/q+1. The van der Waals surface area contributed by atoms with Gasteiger partial charge in [0.05, 0.1) is 26.6 Å². The van der Waals surface area contributed by atoms with Crippen LogP contribution in [0.3, 0.4) is 0 Å². The molecular weight excluding hydrogens is 308 g/mol. The molecule has 1 unspecified atom stereocenters. The summed E-state index contributed by atoms with van der Waals surface area (Å²) in [5, 5.41) is 0. The molecule has 0 spiro atoms. The molecule has 4 rings (SSSR count). The molecule has 0 bridgehead atoms. The van der Waals surface area contributed by atoms with Crippen molar-refractivity contribution in [2.45, 2.75) is 19.4 Å². The molecule has 3 aliphatic heterocycles. The van der Waals surface area contributed by atoms with E-state index in [2.05, 4.69) is 0 Å². The fourth-order valence-corrected chi connectivity index (χ4v) is 3.61. The molecule has 6 nitrogen and oxygen atoms in total. The minimum atomic E-state index is -0.591. The van der Waals surface area contributed by atoms with Crippen molar-refractivity contribution in [1.29, 1.82) is 0 Å². The van der Waals surface area contributed by atoms with Crippen molar-refractivity contribution in [3.05, 3.63) is 35.4 Å². The van der Waals surface area contributed by atoms with Crippen LogP contribution in [0.1, 0.15) is 19.4 Å². The Bertz CT molecular complexity index is 850. The van der Waals surface area contributed by atoms with Gasteiger partial charge < -0.3 is 9.47 Å². The first-order valence-electron chi connectivity index (χ1n) is 7.91. The Morgan fingerprint density at radius 2 is 1.96 bits per heavy atom. The summed E-state index contributed by atoms with van der Waals surface area (Å²) in [6, 6.07) is 7.28. The molecule has 24 heavy (non-hydrogen) atoms. The van der Waals surface area contributed by atoms with Crippen LogP contribution in [0.2, 0.25) is 0 Å². The predicted molar refractivity (Wildman–Crippen MR) is 86.9 cm³/mol. The first-order valence-corrected chi connectivity index (χ1v) is 7.91. The largest absolute Gasteiger partial charge is 0.503 e. The smallest absolute Gasteiger partial charge is 0.492 e. The number of nitrogens with zero attached hydrogens (tertiary/aromatic N) is 2. The van der Waals surface area contributed by atoms with Crippen LogP contribution in [-0.2, 0) is 9.53 Å². The zero-order valence-corrected chi connectivity index (χ0v) is 14.1. The summed E-state index contributed by atoms with van der Waals surface area (Å²) in [6.45, 7) is 4.35. The van der Waals surface area contributed by atoms with E-state index in [1.807, 2.05) is 38.1 Å². The first-order chi connectivity index (χ1) is 11.3. The highest BCUT2D eigenvalue weighted by Crippen LogP contribution is 2.47. The first kappa shape index (κ1) is 14.9. The highest BCUT2D eigenvalue weighted by molar-refractivity contribution is 6.28. The molecule has 0 fully saturated rings. The van der Waals surface area contributed by atoms with Gasteiger partial charge in [0.2, 0.25) is 0 Å². The highest BCUT2D eigenvalue weighted by Gasteiger charge is 2.54. The quantitative estimate of drug-likeness (QED) is 0.683. The van der Waals surface area contributed by atoms with E-state index < -0.39 is 11.6 Å². The predicted octanol–water partition coefficient (Wildman–Crippen LogP) is 1.89. The summed E-state index contributed by atoms with van der Waals surface area (Å²) >= 11 is 0. The van der Waals surface area contributed by atoms with Crippen LogP contribution in [-0.4, -0.2) is 53.6 Å². The number of hydrogen-bond donors (Lipinski definition) is 0. The molecule has 3 heterocycles. The van der Waals surface area contributed by atoms with Crippen molar-refractivity contribution in [3.8, 4) is 5.75 Å². The van der Waals surface area contributed by atoms with Gasteiger partial charge in [-0.05, 0) is 25.5 Å². The third-order valence-corrected chi connectivity index (χ3v) is 5.01. The van der Waals surface area contributed by atoms with Crippen LogP contribution in [0.5, 0.6) is 5.75 Å². The lowest BCUT2D eigenvalue weighted by Gasteiger charge is -2.44. The van der Waals surface area contributed by atoms with E-state index in [-0.39, 0.29) is 11.8 Å². The van der Waals surface area contributed by atoms with Crippen LogP contribution in [0.15, 0.2) is 29.8 Å². The lowest BCUT2D eigenvalue weighted by molar-refractivity contribution is -0.416. The van der Waals surface area contributed by atoms with Crippen molar-refractivity contribution >= 4 is 23.4 Å². The number of carbonyl (C=O) groups is 2. The number of fused-ring (bicyclic) bond motifs is 4. The molecule has 0 aromatic heterocycles. The number of carbonyl (C=O) groups excluding carboxylic acids is 2. The van der Waals surface area contributed by atoms with Gasteiger partial charge in [-0.1, -0.05) is 18.2 Å². The van der Waals surface area contributed by atoms with Crippen molar-refractivity contribution in [2.24, 2.45) is 5.92 Å². The van der Waals surface area contributed by atoms with Crippen LogP contribution in [0.4, 0.5) is 4.79 Å². The van der Waals surface area contributed by atoms with Gasteiger partial charge in [-0.25, -0.2) is 4.79 Å². The second-order valence-corrected chi connectivity index (χ2v) is 6.86. The molecule has 0 N–H and O–H groups in total. The van der Waals surface area contributed by atoms with E-state index in [0.717, 1.165) is 21.8 Å². The van der Waals surface area contributed by atoms with E-state index in [1.165, 1.54) is 11.6 Å². The third-order valence-electron chi connectivity index (χ3n) is 5.01. The number of imide groups is 1. The van der Waals surface area contributed by atoms with Crippen molar-refractivity contribution in [1.82, 2.24) is 4.90 Å². The number of benzene rings is 1. The molecule has 0 aliphatic carbocycles. The van der Waals surface area contributed by atoms with E-state index >= 15 is 0 Å². The molecule has 1 aromatic rings. The monoisotopic (exact) mass is 327 g/mol. The van der Waals surface area contributed by atoms with Crippen molar-refractivity contribution in [2.75, 3.05) is 20.7 Å². The van der Waals surface area contributed by atoms with Gasteiger partial charge in [-0.15, -0.1) is 0 Å². The van der Waals surface area contributed by atoms with Crippen molar-refractivity contribution < 1.29 is 23.6 Å². The average Bonchev–Trinajstić information content (AvgIpc) is 2.57. The van der Waals surface area contributed by atoms with E-state index in [0.29, 0.717) is 18.1 Å². The SMILES string of the molecule is CN1C(=O)C2=C3c4ccccc4OCC3C(C)(C)OC2=[N+](C)C1=O. The summed E-state index contributed by atoms with van der Waals surface area (Å²) in [6.07, 6.45) is 0. The molecule has 6 heteroatoms. The number of likely N-dealkylation sites (N-methyl/N-ethyl adjacent to an activating group) is 1. The molecule has 1 atom stereocenters. The summed E-state index contributed by atoms with van der Waals surface area (Å²) < 4.78 is 13.4. The maximum atomic E-state index is 12.9. The average molecular weight is 327 g/mol. The van der Waals surface area contributed by atoms with Crippen LogP contribution >= 0.6 is 0 Å². The van der Waals surface area contributed by atoms with Gasteiger partial charge in [-0.2, -0.15) is 14.3 Å². The third kappa shape index (κ3) is 1.79. The van der Waals surface area contributed by atoms with Gasteiger partial charge in [-0.3, -0.25) is 0 Å². The van der Waals surface area contributed by atoms with E-state index in [9.17, 15) is 9.59 Å². The molecule has 0 saturated heterocycles. The molecule has 1 aromatic carbocycles. The number of amides is 3. The summed E-state index contributed by atoms with van der Waals surface area (Å²) in [7, 11) is 3.12. The number of rotatable bonds is 0. The van der Waals surface area contributed by atoms with Gasteiger partial charge in [0.25, 0.3) is 0 Å². The maximum Gasteiger partial charge on any atom is 0.503 e. The number of hydrogen-bond acceptors (Lipinski definition) is 4. The Labute approximate surface area is 140 Å². The molecule has 0 saturated carbocycles. The highest BCUT2D eigenvalue weighted by atomic mass is 16.5. The van der Waals surface area contributed by atoms with Gasteiger partial charge in [0, 0.05) is 5.56 Å². The second-order valence-electron chi connectivity index (χ2n) is 6.86. The maximum absolute atomic E-state index is 12.9. The Hall–Kier alpha value is -2.63. The fourth-order valence-electron chi connectivity index (χ4n) is 3.61.